The Bertz CT molecular complexity index is 558. The molecule has 1 aromatic carbocycles. The molecule has 3 heteroatoms. The minimum Gasteiger partial charge on any atom is -0.388 e. The lowest BCUT2D eigenvalue weighted by atomic mass is 10.1. The van der Waals surface area contributed by atoms with Gasteiger partial charge in [0.2, 0.25) is 0 Å². The fourth-order valence-corrected chi connectivity index (χ4v) is 1.72. The molecule has 3 nitrogen and oxygen atoms in total. The standard InChI is InChI=1S/C13H14N2O/c1-10-9-11(6-7-12(10)14-2)15-8-4-3-5-13(15)16/h3-9,14H,1-2H3. The van der Waals surface area contributed by atoms with Crippen molar-refractivity contribution in [1.29, 1.82) is 0 Å². The largest absolute Gasteiger partial charge is 0.388 e. The molecule has 0 bridgehead atoms. The van der Waals surface area contributed by atoms with Gasteiger partial charge < -0.3 is 5.32 Å². The fraction of sp³-hybridized carbons (Fsp3) is 0.154. The number of nitrogens with one attached hydrogen (secondary N) is 1. The van der Waals surface area contributed by atoms with E-state index in [0.717, 1.165) is 16.9 Å². The molecule has 1 aromatic heterocycles. The number of aryl methyl sites for hydroxylation is 1. The van der Waals surface area contributed by atoms with Gasteiger partial charge in [-0.1, -0.05) is 6.07 Å². The average Bonchev–Trinajstić information content (AvgIpc) is 2.29. The van der Waals surface area contributed by atoms with Crippen molar-refractivity contribution in [2.75, 3.05) is 12.4 Å². The van der Waals surface area contributed by atoms with Crippen LogP contribution in [0.2, 0.25) is 0 Å². The van der Waals surface area contributed by atoms with Gasteiger partial charge in [0.05, 0.1) is 0 Å². The molecular formula is C13H14N2O. The van der Waals surface area contributed by atoms with E-state index >= 15 is 0 Å². The van der Waals surface area contributed by atoms with E-state index in [1.807, 2.05) is 38.2 Å². The molecule has 0 saturated heterocycles. The molecule has 0 spiro atoms. The van der Waals surface area contributed by atoms with Crippen molar-refractivity contribution in [2.45, 2.75) is 6.92 Å². The highest BCUT2D eigenvalue weighted by atomic mass is 16.1. The third-order valence-corrected chi connectivity index (χ3v) is 2.58. The zero-order valence-corrected chi connectivity index (χ0v) is 9.40. The number of nitrogens with zero attached hydrogens (tertiary/aromatic N) is 1. The fourth-order valence-electron chi connectivity index (χ4n) is 1.72. The maximum Gasteiger partial charge on any atom is 0.255 e. The summed E-state index contributed by atoms with van der Waals surface area (Å²) in [4.78, 5) is 11.6. The van der Waals surface area contributed by atoms with E-state index in [0.29, 0.717) is 0 Å². The van der Waals surface area contributed by atoms with Crippen molar-refractivity contribution < 1.29 is 0 Å². The molecule has 0 aliphatic heterocycles. The first-order chi connectivity index (χ1) is 7.72. The third kappa shape index (κ3) is 1.84. The van der Waals surface area contributed by atoms with Crippen LogP contribution >= 0.6 is 0 Å². The van der Waals surface area contributed by atoms with E-state index in [9.17, 15) is 4.79 Å². The van der Waals surface area contributed by atoms with Crippen molar-refractivity contribution in [3.63, 3.8) is 0 Å². The van der Waals surface area contributed by atoms with E-state index < -0.39 is 0 Å². The number of aromatic nitrogens is 1. The Morgan fingerprint density at radius 2 is 2.00 bits per heavy atom. The Morgan fingerprint density at radius 1 is 1.19 bits per heavy atom. The molecule has 1 heterocycles. The van der Waals surface area contributed by atoms with Crippen LogP contribution < -0.4 is 10.9 Å². The minimum atomic E-state index is -0.0147. The SMILES string of the molecule is CNc1ccc(-n2ccccc2=O)cc1C. The zero-order chi connectivity index (χ0) is 11.5. The van der Waals surface area contributed by atoms with Crippen molar-refractivity contribution in [3.8, 4) is 5.69 Å². The number of rotatable bonds is 2. The van der Waals surface area contributed by atoms with Gasteiger partial charge in [0.25, 0.3) is 5.56 Å². The summed E-state index contributed by atoms with van der Waals surface area (Å²) >= 11 is 0. The summed E-state index contributed by atoms with van der Waals surface area (Å²) in [6.07, 6.45) is 1.77. The summed E-state index contributed by atoms with van der Waals surface area (Å²) in [5.41, 5.74) is 3.07. The van der Waals surface area contributed by atoms with Crippen LogP contribution in [-0.2, 0) is 0 Å². The highest BCUT2D eigenvalue weighted by molar-refractivity contribution is 5.55. The molecule has 2 rings (SSSR count). The van der Waals surface area contributed by atoms with Crippen LogP contribution in [0.5, 0.6) is 0 Å². The topological polar surface area (TPSA) is 34.0 Å². The molecule has 0 saturated carbocycles. The predicted octanol–water partition coefficient (Wildman–Crippen LogP) is 2.19. The summed E-state index contributed by atoms with van der Waals surface area (Å²) in [6, 6.07) is 11.1. The van der Waals surface area contributed by atoms with Crippen LogP contribution in [0.4, 0.5) is 5.69 Å². The second kappa shape index (κ2) is 4.23. The molecular weight excluding hydrogens is 200 g/mol. The second-order valence-corrected chi connectivity index (χ2v) is 3.66. The van der Waals surface area contributed by atoms with Gasteiger partial charge >= 0.3 is 0 Å². The van der Waals surface area contributed by atoms with Gasteiger partial charge in [-0.25, -0.2) is 0 Å². The highest BCUT2D eigenvalue weighted by Crippen LogP contribution is 2.17. The number of anilines is 1. The van der Waals surface area contributed by atoms with Gasteiger partial charge in [-0.3, -0.25) is 9.36 Å². The normalized spacial score (nSPS) is 10.1. The Labute approximate surface area is 94.4 Å². The van der Waals surface area contributed by atoms with Gasteiger partial charge in [0, 0.05) is 30.7 Å². The number of hydrogen-bond donors (Lipinski definition) is 1. The van der Waals surface area contributed by atoms with Crippen molar-refractivity contribution in [2.24, 2.45) is 0 Å². The van der Waals surface area contributed by atoms with Crippen LogP contribution in [0, 0.1) is 6.92 Å². The van der Waals surface area contributed by atoms with Crippen LogP contribution in [0.25, 0.3) is 5.69 Å². The number of hydrogen-bond acceptors (Lipinski definition) is 2. The Hall–Kier alpha value is -2.03. The van der Waals surface area contributed by atoms with Gasteiger partial charge in [0.1, 0.15) is 0 Å². The first-order valence-corrected chi connectivity index (χ1v) is 5.19. The maximum absolute atomic E-state index is 11.6. The highest BCUT2D eigenvalue weighted by Gasteiger charge is 2.01. The number of pyridine rings is 1. The minimum absolute atomic E-state index is 0.0147. The third-order valence-electron chi connectivity index (χ3n) is 2.58. The van der Waals surface area contributed by atoms with Crippen LogP contribution in [0.1, 0.15) is 5.56 Å². The lowest BCUT2D eigenvalue weighted by Gasteiger charge is -2.09. The maximum atomic E-state index is 11.6. The molecule has 0 radical (unpaired) electrons. The van der Waals surface area contributed by atoms with Crippen LogP contribution in [0.15, 0.2) is 47.4 Å². The summed E-state index contributed by atoms with van der Waals surface area (Å²) in [6.45, 7) is 2.02. The summed E-state index contributed by atoms with van der Waals surface area (Å²) < 4.78 is 1.63. The van der Waals surface area contributed by atoms with Crippen molar-refractivity contribution in [3.05, 3.63) is 58.5 Å². The summed E-state index contributed by atoms with van der Waals surface area (Å²) in [7, 11) is 1.89. The second-order valence-electron chi connectivity index (χ2n) is 3.66. The monoisotopic (exact) mass is 214 g/mol. The van der Waals surface area contributed by atoms with E-state index in [4.69, 9.17) is 0 Å². The van der Waals surface area contributed by atoms with Gasteiger partial charge in [0.15, 0.2) is 0 Å². The molecule has 0 aliphatic carbocycles. The Morgan fingerprint density at radius 3 is 2.62 bits per heavy atom. The molecule has 0 fully saturated rings. The smallest absolute Gasteiger partial charge is 0.255 e. The zero-order valence-electron chi connectivity index (χ0n) is 9.40. The molecule has 16 heavy (non-hydrogen) atoms. The lowest BCUT2D eigenvalue weighted by Crippen LogP contribution is -2.15. The number of benzene rings is 1. The van der Waals surface area contributed by atoms with E-state index in [-0.39, 0.29) is 5.56 Å². The molecule has 82 valence electrons. The van der Waals surface area contributed by atoms with E-state index in [1.165, 1.54) is 0 Å². The quantitative estimate of drug-likeness (QED) is 0.831. The van der Waals surface area contributed by atoms with Crippen molar-refractivity contribution in [1.82, 2.24) is 4.57 Å². The first-order valence-electron chi connectivity index (χ1n) is 5.19. The molecule has 0 amide bonds. The molecule has 1 N–H and O–H groups in total. The Balaban J connectivity index is 2.54. The molecule has 0 aliphatic rings. The summed E-state index contributed by atoms with van der Waals surface area (Å²) in [5, 5.41) is 3.10. The Kier molecular flexibility index (Phi) is 2.77. The molecule has 2 aromatic rings. The molecule has 0 atom stereocenters. The van der Waals surface area contributed by atoms with Gasteiger partial charge in [-0.2, -0.15) is 0 Å². The first kappa shape index (κ1) is 10.5. The average molecular weight is 214 g/mol. The van der Waals surface area contributed by atoms with Gasteiger partial charge in [-0.15, -0.1) is 0 Å². The van der Waals surface area contributed by atoms with Crippen molar-refractivity contribution >= 4 is 5.69 Å². The summed E-state index contributed by atoms with van der Waals surface area (Å²) in [5.74, 6) is 0. The predicted molar refractivity (Wildman–Crippen MR) is 66.3 cm³/mol. The lowest BCUT2D eigenvalue weighted by molar-refractivity contribution is 0.988. The van der Waals surface area contributed by atoms with E-state index in [2.05, 4.69) is 5.32 Å². The van der Waals surface area contributed by atoms with Crippen LogP contribution in [-0.4, -0.2) is 11.6 Å². The van der Waals surface area contributed by atoms with E-state index in [1.54, 1.807) is 22.9 Å². The molecule has 0 unspecified atom stereocenters. The van der Waals surface area contributed by atoms with Gasteiger partial charge in [-0.05, 0) is 36.8 Å². The van der Waals surface area contributed by atoms with Crippen LogP contribution in [0.3, 0.4) is 0 Å².